The Balaban J connectivity index is 2.24. The van der Waals surface area contributed by atoms with Gasteiger partial charge in [-0.2, -0.15) is 0 Å². The predicted molar refractivity (Wildman–Crippen MR) is 48.0 cm³/mol. The van der Waals surface area contributed by atoms with Crippen molar-refractivity contribution in [1.82, 2.24) is 4.90 Å². The lowest BCUT2D eigenvalue weighted by Crippen LogP contribution is -2.57. The van der Waals surface area contributed by atoms with Gasteiger partial charge in [0, 0.05) is 24.4 Å². The fraction of sp³-hybridized carbons (Fsp3) is 0.900. The predicted octanol–water partition coefficient (Wildman–Crippen LogP) is 1.59. The molecule has 12 heavy (non-hydrogen) atoms. The lowest BCUT2D eigenvalue weighted by molar-refractivity contribution is -0.131. The number of rotatable bonds is 0. The normalized spacial score (nSPS) is 43.2. The zero-order valence-corrected chi connectivity index (χ0v) is 7.97. The molecule has 0 saturated carbocycles. The van der Waals surface area contributed by atoms with E-state index in [4.69, 9.17) is 0 Å². The van der Waals surface area contributed by atoms with Crippen LogP contribution in [-0.2, 0) is 4.79 Å². The number of Topliss-reactive ketones (excluding diaryl/α,β-unsaturated/α-hetero) is 1. The highest BCUT2D eigenvalue weighted by Crippen LogP contribution is 2.38. The maximum atomic E-state index is 11.4. The van der Waals surface area contributed by atoms with Gasteiger partial charge in [0.2, 0.25) is 0 Å². The van der Waals surface area contributed by atoms with Crippen LogP contribution in [0.5, 0.6) is 0 Å². The molecule has 0 aromatic carbocycles. The molecule has 68 valence electrons. The number of fused-ring (bicyclic) bond motifs is 2. The highest BCUT2D eigenvalue weighted by atomic mass is 16.1. The van der Waals surface area contributed by atoms with Crippen molar-refractivity contribution in [3.63, 3.8) is 0 Å². The summed E-state index contributed by atoms with van der Waals surface area (Å²) >= 11 is 0. The number of nitrogens with zero attached hydrogens (tertiary/aromatic N) is 1. The first-order chi connectivity index (χ1) is 5.62. The van der Waals surface area contributed by atoms with Crippen molar-refractivity contribution < 1.29 is 4.79 Å². The second-order valence-corrected chi connectivity index (χ2v) is 4.57. The molecule has 0 radical (unpaired) electrons. The first-order valence-electron chi connectivity index (χ1n) is 4.86. The van der Waals surface area contributed by atoms with Crippen LogP contribution in [0.2, 0.25) is 0 Å². The van der Waals surface area contributed by atoms with Gasteiger partial charge in [0.15, 0.2) is 0 Å². The van der Waals surface area contributed by atoms with Crippen molar-refractivity contribution in [2.75, 3.05) is 7.05 Å². The molecule has 0 amide bonds. The Morgan fingerprint density at radius 3 is 3.00 bits per heavy atom. The molecular weight excluding hydrogens is 150 g/mol. The largest absolute Gasteiger partial charge is 0.300 e. The van der Waals surface area contributed by atoms with Crippen LogP contribution in [0.1, 0.15) is 39.0 Å². The Bertz CT molecular complexity index is 214. The average Bonchev–Trinajstić information content (AvgIpc) is 1.95. The Kier molecular flexibility index (Phi) is 1.76. The molecule has 2 nitrogen and oxygen atoms in total. The van der Waals surface area contributed by atoms with Crippen molar-refractivity contribution in [2.45, 2.75) is 50.6 Å². The smallest absolute Gasteiger partial charge is 0.136 e. The molecule has 2 aliphatic heterocycles. The molecule has 0 unspecified atom stereocenters. The second-order valence-electron chi connectivity index (χ2n) is 4.57. The number of hydrogen-bond acceptors (Lipinski definition) is 2. The van der Waals surface area contributed by atoms with E-state index >= 15 is 0 Å². The molecule has 0 spiro atoms. The Hall–Kier alpha value is -0.370. The molecule has 2 saturated heterocycles. The van der Waals surface area contributed by atoms with Gasteiger partial charge in [-0.3, -0.25) is 9.69 Å². The van der Waals surface area contributed by atoms with Crippen molar-refractivity contribution in [3.05, 3.63) is 0 Å². The highest BCUT2D eigenvalue weighted by molar-refractivity contribution is 5.81. The topological polar surface area (TPSA) is 20.3 Å². The minimum atomic E-state index is 0.193. The van der Waals surface area contributed by atoms with E-state index in [-0.39, 0.29) is 5.54 Å². The standard InChI is InChI=1S/C10H17NO/c1-10-5-3-4-8(11(10)2)6-9(12)7-10/h8H,3-7H2,1-2H3/t8-,10+/m1/s1. The van der Waals surface area contributed by atoms with Gasteiger partial charge in [0.1, 0.15) is 5.78 Å². The lowest BCUT2D eigenvalue weighted by atomic mass is 9.75. The van der Waals surface area contributed by atoms with Gasteiger partial charge in [-0.05, 0) is 26.8 Å². The molecular formula is C10H17NO. The summed E-state index contributed by atoms with van der Waals surface area (Å²) in [6.45, 7) is 2.23. The van der Waals surface area contributed by atoms with Crippen molar-refractivity contribution in [1.29, 1.82) is 0 Å². The summed E-state index contributed by atoms with van der Waals surface area (Å²) in [7, 11) is 2.18. The summed E-state index contributed by atoms with van der Waals surface area (Å²) in [5, 5.41) is 0. The van der Waals surface area contributed by atoms with E-state index in [1.165, 1.54) is 19.3 Å². The third-order valence-electron chi connectivity index (χ3n) is 3.69. The van der Waals surface area contributed by atoms with Gasteiger partial charge in [-0.25, -0.2) is 0 Å². The van der Waals surface area contributed by atoms with Crippen molar-refractivity contribution in [3.8, 4) is 0 Å². The van der Waals surface area contributed by atoms with Crippen LogP contribution in [0.25, 0.3) is 0 Å². The minimum absolute atomic E-state index is 0.193. The summed E-state index contributed by atoms with van der Waals surface area (Å²) in [6.07, 6.45) is 5.30. The maximum absolute atomic E-state index is 11.4. The van der Waals surface area contributed by atoms with Gasteiger partial charge in [-0.15, -0.1) is 0 Å². The average molecular weight is 167 g/mol. The van der Waals surface area contributed by atoms with Crippen LogP contribution in [0.4, 0.5) is 0 Å². The Morgan fingerprint density at radius 2 is 2.33 bits per heavy atom. The van der Waals surface area contributed by atoms with Crippen LogP contribution in [0.15, 0.2) is 0 Å². The van der Waals surface area contributed by atoms with E-state index in [1.807, 2.05) is 0 Å². The zero-order chi connectivity index (χ0) is 8.77. The van der Waals surface area contributed by atoms with Gasteiger partial charge >= 0.3 is 0 Å². The minimum Gasteiger partial charge on any atom is -0.300 e. The first-order valence-corrected chi connectivity index (χ1v) is 4.86. The third-order valence-corrected chi connectivity index (χ3v) is 3.69. The molecule has 2 heteroatoms. The summed E-state index contributed by atoms with van der Waals surface area (Å²) < 4.78 is 0. The van der Waals surface area contributed by atoms with Crippen molar-refractivity contribution >= 4 is 5.78 Å². The van der Waals surface area contributed by atoms with E-state index in [0.717, 1.165) is 12.8 Å². The molecule has 0 aliphatic carbocycles. The van der Waals surface area contributed by atoms with Crippen LogP contribution in [-0.4, -0.2) is 29.3 Å². The van der Waals surface area contributed by atoms with Gasteiger partial charge in [-0.1, -0.05) is 6.42 Å². The Labute approximate surface area is 73.9 Å². The maximum Gasteiger partial charge on any atom is 0.136 e. The first kappa shape index (κ1) is 8.24. The molecule has 2 heterocycles. The van der Waals surface area contributed by atoms with Crippen LogP contribution in [0, 0.1) is 0 Å². The van der Waals surface area contributed by atoms with E-state index in [2.05, 4.69) is 18.9 Å². The lowest BCUT2D eigenvalue weighted by Gasteiger charge is -2.50. The van der Waals surface area contributed by atoms with Crippen molar-refractivity contribution in [2.24, 2.45) is 0 Å². The fourth-order valence-corrected chi connectivity index (χ4v) is 2.74. The van der Waals surface area contributed by atoms with E-state index in [9.17, 15) is 4.79 Å². The summed E-state index contributed by atoms with van der Waals surface area (Å²) in [5.74, 6) is 0.473. The molecule has 0 aromatic heterocycles. The van der Waals surface area contributed by atoms with Crippen LogP contribution < -0.4 is 0 Å². The molecule has 2 bridgehead atoms. The molecule has 2 rings (SSSR count). The van der Waals surface area contributed by atoms with Crippen LogP contribution >= 0.6 is 0 Å². The summed E-state index contributed by atoms with van der Waals surface area (Å²) in [6, 6.07) is 0.546. The van der Waals surface area contributed by atoms with Gasteiger partial charge in [0.05, 0.1) is 0 Å². The zero-order valence-electron chi connectivity index (χ0n) is 7.97. The number of carbonyl (C=O) groups excluding carboxylic acids is 1. The SMILES string of the molecule is CN1[C@@H]2CCC[C@@]1(C)CC(=O)C2. The third kappa shape index (κ3) is 1.09. The molecule has 2 atom stereocenters. The van der Waals surface area contributed by atoms with E-state index in [1.54, 1.807) is 0 Å². The second kappa shape index (κ2) is 2.56. The van der Waals surface area contributed by atoms with Gasteiger partial charge < -0.3 is 0 Å². The number of carbonyl (C=O) groups is 1. The van der Waals surface area contributed by atoms with E-state index < -0.39 is 0 Å². The van der Waals surface area contributed by atoms with Crippen LogP contribution in [0.3, 0.4) is 0 Å². The van der Waals surface area contributed by atoms with Gasteiger partial charge in [0.25, 0.3) is 0 Å². The molecule has 2 aliphatic rings. The monoisotopic (exact) mass is 167 g/mol. The summed E-state index contributed by atoms with van der Waals surface area (Å²) in [5.41, 5.74) is 0.193. The fourth-order valence-electron chi connectivity index (χ4n) is 2.74. The quantitative estimate of drug-likeness (QED) is 0.546. The number of ketones is 1. The Morgan fingerprint density at radius 1 is 1.58 bits per heavy atom. The number of piperidine rings is 2. The molecule has 0 aromatic rings. The van der Waals surface area contributed by atoms with E-state index in [0.29, 0.717) is 11.8 Å². The molecule has 2 fully saturated rings. The molecule has 0 N–H and O–H groups in total. The summed E-state index contributed by atoms with van der Waals surface area (Å²) in [4.78, 5) is 13.8. The highest BCUT2D eigenvalue weighted by Gasteiger charge is 2.43. The number of hydrogen-bond donors (Lipinski definition) is 0.